The van der Waals surface area contributed by atoms with Crippen LogP contribution in [-0.2, 0) is 17.1 Å². The van der Waals surface area contributed by atoms with E-state index in [2.05, 4.69) is 15.0 Å². The number of benzene rings is 3. The zero-order chi connectivity index (χ0) is 23.6. The third kappa shape index (κ3) is 4.94. The van der Waals surface area contributed by atoms with E-state index < -0.39 is 15.9 Å². The molecule has 0 unspecified atom stereocenters. The Bertz CT molecular complexity index is 1430. The maximum atomic E-state index is 12.8. The molecule has 2 N–H and O–H groups in total. The minimum Gasteiger partial charge on any atom is -0.494 e. The molecule has 33 heavy (non-hydrogen) atoms. The number of carbonyl (C=O) groups is 1. The predicted octanol–water partition coefficient (Wildman–Crippen LogP) is 4.68. The number of sulfonamides is 1. The minimum absolute atomic E-state index is 0.0409. The van der Waals surface area contributed by atoms with E-state index >= 15 is 0 Å². The maximum Gasteiger partial charge on any atom is 0.261 e. The third-order valence-corrected chi connectivity index (χ3v) is 6.51. The van der Waals surface area contributed by atoms with Crippen molar-refractivity contribution in [3.05, 3.63) is 77.3 Å². The largest absolute Gasteiger partial charge is 0.494 e. The van der Waals surface area contributed by atoms with Crippen LogP contribution in [0.1, 0.15) is 17.3 Å². The van der Waals surface area contributed by atoms with E-state index in [0.717, 1.165) is 5.52 Å². The van der Waals surface area contributed by atoms with Gasteiger partial charge in [0.2, 0.25) is 5.95 Å². The lowest BCUT2D eigenvalue weighted by Gasteiger charge is -2.10. The standard InChI is InChI=1S/C23H21ClN4O4S/c1-3-32-18-10-8-17(9-11-18)27-33(30,31)19-6-4-5-15(13-19)22(29)26-23-25-20-14-16(24)7-12-21(20)28(23)2/h4-14,27H,3H2,1-2H3,(H,25,26,29). The highest BCUT2D eigenvalue weighted by Crippen LogP contribution is 2.23. The zero-order valence-electron chi connectivity index (χ0n) is 17.9. The molecule has 0 saturated heterocycles. The monoisotopic (exact) mass is 484 g/mol. The van der Waals surface area contributed by atoms with Gasteiger partial charge >= 0.3 is 0 Å². The van der Waals surface area contributed by atoms with Crippen LogP contribution in [0.25, 0.3) is 11.0 Å². The molecule has 0 bridgehead atoms. The number of fused-ring (bicyclic) bond motifs is 1. The van der Waals surface area contributed by atoms with Crippen molar-refractivity contribution in [3.8, 4) is 5.75 Å². The number of ether oxygens (including phenoxy) is 1. The van der Waals surface area contributed by atoms with E-state index in [9.17, 15) is 13.2 Å². The Morgan fingerprint density at radius 2 is 1.85 bits per heavy atom. The Hall–Kier alpha value is -3.56. The average Bonchev–Trinajstić information content (AvgIpc) is 3.09. The summed E-state index contributed by atoms with van der Waals surface area (Å²) in [5.74, 6) is 0.471. The second-order valence-corrected chi connectivity index (χ2v) is 9.29. The van der Waals surface area contributed by atoms with Gasteiger partial charge in [-0.15, -0.1) is 0 Å². The first kappa shape index (κ1) is 22.6. The second-order valence-electron chi connectivity index (χ2n) is 7.17. The van der Waals surface area contributed by atoms with Crippen molar-refractivity contribution in [2.45, 2.75) is 11.8 Å². The molecule has 1 amide bonds. The lowest BCUT2D eigenvalue weighted by atomic mass is 10.2. The Balaban J connectivity index is 1.54. The summed E-state index contributed by atoms with van der Waals surface area (Å²) in [6.45, 7) is 2.38. The molecule has 4 aromatic rings. The molecule has 3 aromatic carbocycles. The molecule has 170 valence electrons. The van der Waals surface area contributed by atoms with Gasteiger partial charge in [0.25, 0.3) is 15.9 Å². The van der Waals surface area contributed by atoms with Crippen molar-refractivity contribution in [3.63, 3.8) is 0 Å². The van der Waals surface area contributed by atoms with E-state index in [0.29, 0.717) is 34.5 Å². The number of hydrogen-bond acceptors (Lipinski definition) is 5. The second kappa shape index (κ2) is 9.13. The number of aryl methyl sites for hydroxylation is 1. The molecular weight excluding hydrogens is 464 g/mol. The molecule has 0 aliphatic rings. The summed E-state index contributed by atoms with van der Waals surface area (Å²) in [7, 11) is -2.14. The molecule has 0 aliphatic carbocycles. The molecule has 1 heterocycles. The highest BCUT2D eigenvalue weighted by molar-refractivity contribution is 7.92. The molecule has 0 fully saturated rings. The van der Waals surface area contributed by atoms with Crippen LogP contribution in [0.2, 0.25) is 5.02 Å². The number of carbonyl (C=O) groups excluding carboxylic acids is 1. The van der Waals surface area contributed by atoms with Gasteiger partial charge in [-0.05, 0) is 67.6 Å². The summed E-state index contributed by atoms with van der Waals surface area (Å²) in [5, 5.41) is 3.26. The summed E-state index contributed by atoms with van der Waals surface area (Å²) >= 11 is 6.02. The summed E-state index contributed by atoms with van der Waals surface area (Å²) < 4.78 is 35.3. The highest BCUT2D eigenvalue weighted by atomic mass is 35.5. The summed E-state index contributed by atoms with van der Waals surface area (Å²) in [5.41, 5.74) is 1.99. The molecule has 10 heteroatoms. The maximum absolute atomic E-state index is 12.8. The van der Waals surface area contributed by atoms with Crippen molar-refractivity contribution in [1.29, 1.82) is 0 Å². The number of aromatic nitrogens is 2. The van der Waals surface area contributed by atoms with Crippen LogP contribution in [0.15, 0.2) is 71.6 Å². The quantitative estimate of drug-likeness (QED) is 0.396. The van der Waals surface area contributed by atoms with Crippen LogP contribution < -0.4 is 14.8 Å². The number of anilines is 2. The SMILES string of the molecule is CCOc1ccc(NS(=O)(=O)c2cccc(C(=O)Nc3nc4cc(Cl)ccc4n3C)c2)cc1. The average molecular weight is 485 g/mol. The molecule has 8 nitrogen and oxygen atoms in total. The summed E-state index contributed by atoms with van der Waals surface area (Å²) in [4.78, 5) is 17.2. The fraction of sp³-hybridized carbons (Fsp3) is 0.130. The normalized spacial score (nSPS) is 11.4. The topological polar surface area (TPSA) is 102 Å². The van der Waals surface area contributed by atoms with E-state index in [1.54, 1.807) is 54.1 Å². The Labute approximate surface area is 196 Å². The van der Waals surface area contributed by atoms with Crippen molar-refractivity contribution < 1.29 is 17.9 Å². The summed E-state index contributed by atoms with van der Waals surface area (Å²) in [6.07, 6.45) is 0. The Kier molecular flexibility index (Phi) is 6.26. The van der Waals surface area contributed by atoms with Gasteiger partial charge in [0.15, 0.2) is 0 Å². The van der Waals surface area contributed by atoms with Crippen LogP contribution in [0.4, 0.5) is 11.6 Å². The fourth-order valence-corrected chi connectivity index (χ4v) is 4.53. The predicted molar refractivity (Wildman–Crippen MR) is 129 cm³/mol. The van der Waals surface area contributed by atoms with Gasteiger partial charge < -0.3 is 9.30 Å². The lowest BCUT2D eigenvalue weighted by molar-refractivity contribution is 0.102. The number of amides is 1. The van der Waals surface area contributed by atoms with Gasteiger partial charge in [-0.3, -0.25) is 14.8 Å². The van der Waals surface area contributed by atoms with Crippen molar-refractivity contribution in [2.75, 3.05) is 16.6 Å². The highest BCUT2D eigenvalue weighted by Gasteiger charge is 2.18. The number of imidazole rings is 1. The van der Waals surface area contributed by atoms with Gasteiger partial charge in [-0.2, -0.15) is 0 Å². The molecule has 0 saturated carbocycles. The Morgan fingerprint density at radius 3 is 2.58 bits per heavy atom. The first-order chi connectivity index (χ1) is 15.8. The summed E-state index contributed by atoms with van der Waals surface area (Å²) in [6, 6.07) is 17.6. The van der Waals surface area contributed by atoms with E-state index in [4.69, 9.17) is 16.3 Å². The molecule has 0 aliphatic heterocycles. The number of rotatable bonds is 7. The van der Waals surface area contributed by atoms with Crippen molar-refractivity contribution >= 4 is 50.2 Å². The van der Waals surface area contributed by atoms with Gasteiger partial charge in [0, 0.05) is 23.3 Å². The van der Waals surface area contributed by atoms with Crippen LogP contribution in [0, 0.1) is 0 Å². The third-order valence-electron chi connectivity index (χ3n) is 4.89. The van der Waals surface area contributed by atoms with Crippen molar-refractivity contribution in [2.24, 2.45) is 7.05 Å². The molecule has 1 aromatic heterocycles. The van der Waals surface area contributed by atoms with Gasteiger partial charge in [-0.25, -0.2) is 13.4 Å². The first-order valence-corrected chi connectivity index (χ1v) is 11.9. The molecular formula is C23H21ClN4O4S. The fourth-order valence-electron chi connectivity index (χ4n) is 3.26. The molecule has 0 radical (unpaired) electrons. The number of nitrogens with one attached hydrogen (secondary N) is 2. The molecule has 4 rings (SSSR count). The smallest absolute Gasteiger partial charge is 0.261 e. The zero-order valence-corrected chi connectivity index (χ0v) is 19.4. The van der Waals surface area contributed by atoms with E-state index in [1.165, 1.54) is 24.3 Å². The van der Waals surface area contributed by atoms with E-state index in [-0.39, 0.29) is 10.5 Å². The van der Waals surface area contributed by atoms with Crippen molar-refractivity contribution in [1.82, 2.24) is 9.55 Å². The molecule has 0 atom stereocenters. The van der Waals surface area contributed by atoms with Gasteiger partial charge in [-0.1, -0.05) is 17.7 Å². The van der Waals surface area contributed by atoms with Crippen LogP contribution >= 0.6 is 11.6 Å². The number of nitrogens with zero attached hydrogens (tertiary/aromatic N) is 2. The van der Waals surface area contributed by atoms with Crippen LogP contribution in [-0.4, -0.2) is 30.5 Å². The lowest BCUT2D eigenvalue weighted by Crippen LogP contribution is -2.17. The number of hydrogen-bond donors (Lipinski definition) is 2. The molecule has 0 spiro atoms. The first-order valence-electron chi connectivity index (χ1n) is 10.1. The van der Waals surface area contributed by atoms with E-state index in [1.807, 2.05) is 6.92 Å². The number of halogens is 1. The van der Waals surface area contributed by atoms with Gasteiger partial charge in [0.05, 0.1) is 22.5 Å². The van der Waals surface area contributed by atoms with Gasteiger partial charge in [0.1, 0.15) is 5.75 Å². The Morgan fingerprint density at radius 1 is 1.09 bits per heavy atom. The minimum atomic E-state index is -3.91. The van der Waals surface area contributed by atoms with Crippen LogP contribution in [0.3, 0.4) is 0 Å². The van der Waals surface area contributed by atoms with Crippen LogP contribution in [0.5, 0.6) is 5.75 Å².